The number of pyridine rings is 1. The van der Waals surface area contributed by atoms with Gasteiger partial charge in [-0.1, -0.05) is 6.07 Å². The molecule has 1 N–H and O–H groups in total. The van der Waals surface area contributed by atoms with E-state index in [0.717, 1.165) is 12.2 Å². The Balaban J connectivity index is 2.04. The molecule has 3 nitrogen and oxygen atoms in total. The minimum Gasteiger partial charge on any atom is -0.472 e. The Kier molecular flexibility index (Phi) is 4.12. The zero-order chi connectivity index (χ0) is 12.1. The van der Waals surface area contributed by atoms with Gasteiger partial charge in [-0.2, -0.15) is 0 Å². The number of nitrogens with zero attached hydrogens (tertiary/aromatic N) is 1. The molecule has 2 rings (SSSR count). The molecule has 17 heavy (non-hydrogen) atoms. The summed E-state index contributed by atoms with van der Waals surface area (Å²) in [4.78, 5) is 5.58. The summed E-state index contributed by atoms with van der Waals surface area (Å²) in [7, 11) is 1.93. The van der Waals surface area contributed by atoms with Crippen molar-refractivity contribution in [1.82, 2.24) is 10.3 Å². The van der Waals surface area contributed by atoms with Crippen LogP contribution in [0, 0.1) is 6.92 Å². The fourth-order valence-corrected chi connectivity index (χ4v) is 2.24. The highest BCUT2D eigenvalue weighted by atomic mass is 32.1. The zero-order valence-corrected chi connectivity index (χ0v) is 10.9. The van der Waals surface area contributed by atoms with Gasteiger partial charge in [-0.3, -0.25) is 0 Å². The van der Waals surface area contributed by atoms with E-state index in [0.29, 0.717) is 12.5 Å². The highest BCUT2D eigenvalue weighted by molar-refractivity contribution is 7.09. The second-order valence-corrected chi connectivity index (χ2v) is 4.89. The Morgan fingerprint density at radius 3 is 3.00 bits per heavy atom. The smallest absolute Gasteiger partial charge is 0.214 e. The minimum absolute atomic E-state index is 0.590. The highest BCUT2D eigenvalue weighted by Gasteiger charge is 2.02. The fourth-order valence-electron chi connectivity index (χ4n) is 1.63. The van der Waals surface area contributed by atoms with E-state index in [9.17, 15) is 0 Å². The number of aromatic nitrogens is 1. The molecular weight excluding hydrogens is 232 g/mol. The Morgan fingerprint density at radius 1 is 1.41 bits per heavy atom. The van der Waals surface area contributed by atoms with Crippen LogP contribution in [0.4, 0.5) is 0 Å². The molecule has 2 aromatic heterocycles. The predicted octanol–water partition coefficient (Wildman–Crippen LogP) is 2.75. The first-order chi connectivity index (χ1) is 8.28. The average Bonchev–Trinajstić information content (AvgIpc) is 2.79. The molecule has 0 aliphatic heterocycles. The molecule has 90 valence electrons. The minimum atomic E-state index is 0.590. The van der Waals surface area contributed by atoms with Gasteiger partial charge in [0.25, 0.3) is 0 Å². The molecular formula is C13H16N2OS. The summed E-state index contributed by atoms with van der Waals surface area (Å²) >= 11 is 1.70. The van der Waals surface area contributed by atoms with Crippen LogP contribution in [0.1, 0.15) is 16.1 Å². The first kappa shape index (κ1) is 12.1. The van der Waals surface area contributed by atoms with E-state index in [-0.39, 0.29) is 0 Å². The van der Waals surface area contributed by atoms with Gasteiger partial charge < -0.3 is 10.1 Å². The number of hydrogen-bond acceptors (Lipinski definition) is 4. The highest BCUT2D eigenvalue weighted by Crippen LogP contribution is 2.16. The van der Waals surface area contributed by atoms with E-state index in [2.05, 4.69) is 27.8 Å². The van der Waals surface area contributed by atoms with Crippen LogP contribution in [-0.4, -0.2) is 12.0 Å². The van der Waals surface area contributed by atoms with Crippen LogP contribution in [0.25, 0.3) is 0 Å². The standard InChI is InChI=1S/C13H16N2OS/c1-10-6-11(8-14-2)7-13(15-10)16-9-12-4-3-5-17-12/h3-7,14H,8-9H2,1-2H3. The van der Waals surface area contributed by atoms with E-state index in [1.807, 2.05) is 26.1 Å². The van der Waals surface area contributed by atoms with Crippen molar-refractivity contribution in [2.45, 2.75) is 20.1 Å². The summed E-state index contributed by atoms with van der Waals surface area (Å²) < 4.78 is 5.69. The third-order valence-corrected chi connectivity index (χ3v) is 3.16. The van der Waals surface area contributed by atoms with Gasteiger partial charge in [-0.05, 0) is 37.0 Å². The lowest BCUT2D eigenvalue weighted by Gasteiger charge is -2.07. The Labute approximate surface area is 105 Å². The number of hydrogen-bond donors (Lipinski definition) is 1. The number of thiophene rings is 1. The predicted molar refractivity (Wildman–Crippen MR) is 70.4 cm³/mol. The average molecular weight is 248 g/mol. The number of rotatable bonds is 5. The molecule has 0 saturated carbocycles. The summed E-state index contributed by atoms with van der Waals surface area (Å²) in [6.45, 7) is 3.41. The third kappa shape index (κ3) is 3.54. The van der Waals surface area contributed by atoms with Crippen molar-refractivity contribution >= 4 is 11.3 Å². The molecule has 0 radical (unpaired) electrons. The van der Waals surface area contributed by atoms with Gasteiger partial charge in [0.05, 0.1) is 0 Å². The van der Waals surface area contributed by atoms with Gasteiger partial charge in [0.2, 0.25) is 5.88 Å². The van der Waals surface area contributed by atoms with E-state index in [1.165, 1.54) is 10.4 Å². The van der Waals surface area contributed by atoms with E-state index in [1.54, 1.807) is 11.3 Å². The van der Waals surface area contributed by atoms with Crippen LogP contribution in [0.3, 0.4) is 0 Å². The van der Waals surface area contributed by atoms with Crippen molar-refractivity contribution in [2.75, 3.05) is 7.05 Å². The van der Waals surface area contributed by atoms with Gasteiger partial charge in [-0.15, -0.1) is 11.3 Å². The molecule has 2 aromatic rings. The molecule has 0 spiro atoms. The van der Waals surface area contributed by atoms with Crippen molar-refractivity contribution < 1.29 is 4.74 Å². The van der Waals surface area contributed by atoms with Crippen LogP contribution in [0.2, 0.25) is 0 Å². The fraction of sp³-hybridized carbons (Fsp3) is 0.308. The monoisotopic (exact) mass is 248 g/mol. The molecule has 0 fully saturated rings. The molecule has 0 aliphatic carbocycles. The van der Waals surface area contributed by atoms with Gasteiger partial charge in [0.15, 0.2) is 0 Å². The molecule has 2 heterocycles. The lowest BCUT2D eigenvalue weighted by Crippen LogP contribution is -2.06. The quantitative estimate of drug-likeness (QED) is 0.883. The molecule has 0 atom stereocenters. The van der Waals surface area contributed by atoms with Crippen LogP contribution in [-0.2, 0) is 13.2 Å². The SMILES string of the molecule is CNCc1cc(C)nc(OCc2cccs2)c1. The largest absolute Gasteiger partial charge is 0.472 e. The molecule has 0 aliphatic rings. The van der Waals surface area contributed by atoms with Crippen molar-refractivity contribution in [3.8, 4) is 5.88 Å². The normalized spacial score (nSPS) is 10.5. The van der Waals surface area contributed by atoms with Crippen LogP contribution < -0.4 is 10.1 Å². The molecule has 0 amide bonds. The summed E-state index contributed by atoms with van der Waals surface area (Å²) in [6, 6.07) is 8.14. The van der Waals surface area contributed by atoms with Crippen molar-refractivity contribution in [3.63, 3.8) is 0 Å². The van der Waals surface area contributed by atoms with Crippen LogP contribution in [0.5, 0.6) is 5.88 Å². The third-order valence-electron chi connectivity index (χ3n) is 2.31. The van der Waals surface area contributed by atoms with E-state index < -0.39 is 0 Å². The van der Waals surface area contributed by atoms with Gasteiger partial charge in [-0.25, -0.2) is 4.98 Å². The Morgan fingerprint density at radius 2 is 2.29 bits per heavy atom. The summed E-state index contributed by atoms with van der Waals surface area (Å²) in [5, 5.41) is 5.18. The first-order valence-electron chi connectivity index (χ1n) is 5.55. The maximum atomic E-state index is 5.69. The lowest BCUT2D eigenvalue weighted by atomic mass is 10.2. The number of aryl methyl sites for hydroxylation is 1. The Hall–Kier alpha value is -1.39. The summed E-state index contributed by atoms with van der Waals surface area (Å²) in [5.41, 5.74) is 2.18. The summed E-state index contributed by atoms with van der Waals surface area (Å²) in [5.74, 6) is 0.698. The van der Waals surface area contributed by atoms with Gasteiger partial charge in [0.1, 0.15) is 6.61 Å². The van der Waals surface area contributed by atoms with Gasteiger partial charge in [0, 0.05) is 23.2 Å². The van der Waals surface area contributed by atoms with E-state index >= 15 is 0 Å². The summed E-state index contributed by atoms with van der Waals surface area (Å²) in [6.07, 6.45) is 0. The first-order valence-corrected chi connectivity index (χ1v) is 6.43. The molecule has 0 unspecified atom stereocenters. The Bertz CT molecular complexity index is 468. The van der Waals surface area contributed by atoms with Crippen LogP contribution in [0.15, 0.2) is 29.6 Å². The zero-order valence-electron chi connectivity index (χ0n) is 10.1. The second kappa shape index (κ2) is 5.80. The maximum Gasteiger partial charge on any atom is 0.214 e. The van der Waals surface area contributed by atoms with Crippen molar-refractivity contribution in [3.05, 3.63) is 45.8 Å². The van der Waals surface area contributed by atoms with Crippen LogP contribution >= 0.6 is 11.3 Å². The molecule has 0 aromatic carbocycles. The molecule has 4 heteroatoms. The number of ether oxygens (including phenoxy) is 1. The van der Waals surface area contributed by atoms with Crippen molar-refractivity contribution in [1.29, 1.82) is 0 Å². The van der Waals surface area contributed by atoms with Crippen molar-refractivity contribution in [2.24, 2.45) is 0 Å². The number of nitrogens with one attached hydrogen (secondary N) is 1. The maximum absolute atomic E-state index is 5.69. The lowest BCUT2D eigenvalue weighted by molar-refractivity contribution is 0.296. The topological polar surface area (TPSA) is 34.2 Å². The molecule has 0 saturated heterocycles. The van der Waals surface area contributed by atoms with Gasteiger partial charge >= 0.3 is 0 Å². The molecule has 0 bridgehead atoms. The second-order valence-electron chi connectivity index (χ2n) is 3.85. The van der Waals surface area contributed by atoms with E-state index in [4.69, 9.17) is 4.74 Å².